The number of hydrazone groups is 1. The summed E-state index contributed by atoms with van der Waals surface area (Å²) in [5, 5.41) is 13.6. The van der Waals surface area contributed by atoms with Crippen LogP contribution in [0.1, 0.15) is 32.3 Å². The minimum Gasteiger partial charge on any atom is -0.381 e. The molecular formula is C20H23N5O. The molecule has 1 N–H and O–H groups in total. The van der Waals surface area contributed by atoms with Gasteiger partial charge in [0.05, 0.1) is 35.2 Å². The molecule has 0 atom stereocenters. The highest BCUT2D eigenvalue weighted by atomic mass is 16.5. The molecule has 0 spiro atoms. The second kappa shape index (κ2) is 6.06. The Kier molecular flexibility index (Phi) is 3.67. The van der Waals surface area contributed by atoms with Crippen molar-refractivity contribution in [3.05, 3.63) is 34.6 Å². The monoisotopic (exact) mass is 349 g/mol. The zero-order valence-electron chi connectivity index (χ0n) is 15.2. The van der Waals surface area contributed by atoms with Crippen molar-refractivity contribution < 1.29 is 4.74 Å². The highest BCUT2D eigenvalue weighted by Crippen LogP contribution is 2.32. The van der Waals surface area contributed by atoms with Gasteiger partial charge in [0.1, 0.15) is 0 Å². The molecule has 5 rings (SSSR count). The molecule has 134 valence electrons. The Morgan fingerprint density at radius 3 is 2.88 bits per heavy atom. The number of fused-ring (bicyclic) bond motifs is 2. The standard InChI is InChI=1S/C20H23N5O/c1-12(2)16-10-22-23-20-15-3-4-17-18(15)13(9-21-19(16)20)11-25(24-17)14-5-7-26-8-6-14/h3-4,9-10,12,14,23H,5-8,11H2,1-2H3. The maximum Gasteiger partial charge on any atom is 0.0936 e. The second-order valence-corrected chi connectivity index (χ2v) is 7.54. The molecule has 1 saturated heterocycles. The van der Waals surface area contributed by atoms with Crippen LogP contribution in [0, 0.1) is 5.92 Å². The topological polar surface area (TPSA) is 62.1 Å². The van der Waals surface area contributed by atoms with E-state index in [0.717, 1.165) is 54.6 Å². The van der Waals surface area contributed by atoms with Crippen molar-refractivity contribution in [2.24, 2.45) is 16.1 Å². The Hall–Kier alpha value is -2.47. The van der Waals surface area contributed by atoms with E-state index in [1.54, 1.807) is 0 Å². The van der Waals surface area contributed by atoms with Crippen molar-refractivity contribution >= 4 is 17.5 Å². The molecule has 5 aliphatic rings. The van der Waals surface area contributed by atoms with E-state index in [2.05, 4.69) is 41.5 Å². The first-order valence-electron chi connectivity index (χ1n) is 9.39. The maximum atomic E-state index is 5.51. The Labute approximate surface area is 152 Å². The molecule has 26 heavy (non-hydrogen) atoms. The van der Waals surface area contributed by atoms with E-state index in [4.69, 9.17) is 14.8 Å². The van der Waals surface area contributed by atoms with Crippen LogP contribution in [0.5, 0.6) is 0 Å². The highest BCUT2D eigenvalue weighted by molar-refractivity contribution is 6.05. The molecule has 0 aromatic heterocycles. The quantitative estimate of drug-likeness (QED) is 0.900. The third kappa shape index (κ3) is 2.40. The van der Waals surface area contributed by atoms with E-state index in [9.17, 15) is 0 Å². The summed E-state index contributed by atoms with van der Waals surface area (Å²) < 4.78 is 5.51. The highest BCUT2D eigenvalue weighted by Gasteiger charge is 2.27. The third-order valence-corrected chi connectivity index (χ3v) is 5.57. The molecule has 0 bridgehead atoms. The minimum atomic E-state index is 0.371. The summed E-state index contributed by atoms with van der Waals surface area (Å²) in [6.45, 7) is 6.81. The average molecular weight is 349 g/mol. The van der Waals surface area contributed by atoms with Crippen LogP contribution >= 0.6 is 0 Å². The van der Waals surface area contributed by atoms with E-state index in [1.807, 2.05) is 12.4 Å². The molecule has 0 aromatic rings. The lowest BCUT2D eigenvalue weighted by Crippen LogP contribution is -2.38. The van der Waals surface area contributed by atoms with E-state index in [-0.39, 0.29) is 0 Å². The predicted molar refractivity (Wildman–Crippen MR) is 101 cm³/mol. The molecule has 0 amide bonds. The van der Waals surface area contributed by atoms with E-state index in [1.165, 1.54) is 16.7 Å². The van der Waals surface area contributed by atoms with Crippen LogP contribution in [-0.4, -0.2) is 35.5 Å². The normalized spacial score (nSPS) is 19.5. The van der Waals surface area contributed by atoms with Crippen LogP contribution in [0.3, 0.4) is 0 Å². The van der Waals surface area contributed by atoms with Crippen molar-refractivity contribution in [2.45, 2.75) is 39.3 Å². The fourth-order valence-electron chi connectivity index (χ4n) is 4.14. The van der Waals surface area contributed by atoms with E-state index in [0.29, 0.717) is 12.0 Å². The van der Waals surface area contributed by atoms with E-state index < -0.39 is 0 Å². The summed E-state index contributed by atoms with van der Waals surface area (Å²) in [6.07, 6.45) is 6.00. The van der Waals surface area contributed by atoms with Crippen LogP contribution in [0.25, 0.3) is 16.7 Å². The van der Waals surface area contributed by atoms with Crippen LogP contribution in [0.2, 0.25) is 0 Å². The fraction of sp³-hybridized carbons (Fsp3) is 0.450. The van der Waals surface area contributed by atoms with Gasteiger partial charge >= 0.3 is 0 Å². The van der Waals surface area contributed by atoms with Gasteiger partial charge in [0.2, 0.25) is 0 Å². The summed E-state index contributed by atoms with van der Waals surface area (Å²) >= 11 is 0. The van der Waals surface area contributed by atoms with Crippen LogP contribution < -0.4 is 16.1 Å². The number of nitrogens with zero attached hydrogens (tertiary/aromatic N) is 4. The third-order valence-electron chi connectivity index (χ3n) is 5.57. The van der Waals surface area contributed by atoms with Crippen LogP contribution in [0.15, 0.2) is 28.5 Å². The summed E-state index contributed by atoms with van der Waals surface area (Å²) in [6, 6.07) is 4.72. The van der Waals surface area contributed by atoms with Crippen molar-refractivity contribution in [3.63, 3.8) is 0 Å². The summed E-state index contributed by atoms with van der Waals surface area (Å²) in [5.74, 6) is 0.371. The number of rotatable bonds is 2. The van der Waals surface area contributed by atoms with Gasteiger partial charge in [0.25, 0.3) is 0 Å². The molecule has 1 fully saturated rings. The van der Waals surface area contributed by atoms with Crippen molar-refractivity contribution in [1.82, 2.24) is 9.99 Å². The molecule has 0 saturated carbocycles. The van der Waals surface area contributed by atoms with Gasteiger partial charge in [-0.15, -0.1) is 0 Å². The second-order valence-electron chi connectivity index (χ2n) is 7.54. The zero-order chi connectivity index (χ0) is 17.7. The molecule has 1 aliphatic carbocycles. The van der Waals surface area contributed by atoms with Gasteiger partial charge in [-0.1, -0.05) is 13.8 Å². The zero-order valence-corrected chi connectivity index (χ0v) is 15.2. The van der Waals surface area contributed by atoms with Gasteiger partial charge in [0, 0.05) is 41.7 Å². The first-order valence-corrected chi connectivity index (χ1v) is 9.39. The molecule has 4 heterocycles. The molecule has 4 aliphatic heterocycles. The summed E-state index contributed by atoms with van der Waals surface area (Å²) in [5.41, 5.74) is 8.96. The SMILES string of the molecule is CC(C)C1=c2ncc3c4c(ccc-4c2NN=C1)=NN(C1CCOCC1)C3. The lowest BCUT2D eigenvalue weighted by molar-refractivity contribution is 0.0293. The largest absolute Gasteiger partial charge is 0.381 e. The molecule has 0 aromatic carbocycles. The van der Waals surface area contributed by atoms with Gasteiger partial charge in [-0.05, 0) is 30.9 Å². The average Bonchev–Trinajstić information content (AvgIpc) is 3.02. The number of hydrogen-bond acceptors (Lipinski definition) is 6. The van der Waals surface area contributed by atoms with Gasteiger partial charge in [-0.3, -0.25) is 15.4 Å². The van der Waals surface area contributed by atoms with Crippen molar-refractivity contribution in [3.8, 4) is 11.1 Å². The smallest absolute Gasteiger partial charge is 0.0936 e. The molecular weight excluding hydrogens is 326 g/mol. The minimum absolute atomic E-state index is 0.371. The first kappa shape index (κ1) is 15.8. The first-order chi connectivity index (χ1) is 12.7. The number of anilines is 1. The van der Waals surface area contributed by atoms with Crippen LogP contribution in [-0.2, 0) is 11.3 Å². The maximum absolute atomic E-state index is 5.51. The Balaban J connectivity index is 1.68. The lowest BCUT2D eigenvalue weighted by atomic mass is 10.00. The molecule has 0 unspecified atom stereocenters. The fourth-order valence-corrected chi connectivity index (χ4v) is 4.14. The Bertz CT molecular complexity index is 974. The lowest BCUT2D eigenvalue weighted by Gasteiger charge is -2.33. The van der Waals surface area contributed by atoms with Gasteiger partial charge < -0.3 is 4.74 Å². The molecule has 6 heteroatoms. The predicted octanol–water partition coefficient (Wildman–Crippen LogP) is 1.93. The Morgan fingerprint density at radius 1 is 1.23 bits per heavy atom. The van der Waals surface area contributed by atoms with Crippen molar-refractivity contribution in [1.29, 1.82) is 0 Å². The molecule has 0 radical (unpaired) electrons. The number of aromatic nitrogens is 1. The van der Waals surface area contributed by atoms with Gasteiger partial charge in [-0.2, -0.15) is 10.2 Å². The Morgan fingerprint density at radius 2 is 2.08 bits per heavy atom. The number of nitrogens with one attached hydrogen (secondary N) is 1. The van der Waals surface area contributed by atoms with Gasteiger partial charge in [-0.25, -0.2) is 0 Å². The van der Waals surface area contributed by atoms with E-state index >= 15 is 0 Å². The van der Waals surface area contributed by atoms with Crippen molar-refractivity contribution in [2.75, 3.05) is 18.6 Å². The number of ether oxygens (including phenoxy) is 1. The summed E-state index contributed by atoms with van der Waals surface area (Å²) in [4.78, 5) is 4.88. The molecule has 6 nitrogen and oxygen atoms in total. The van der Waals surface area contributed by atoms with Crippen LogP contribution in [0.4, 0.5) is 5.69 Å². The summed E-state index contributed by atoms with van der Waals surface area (Å²) in [7, 11) is 0. The van der Waals surface area contributed by atoms with Gasteiger partial charge in [0.15, 0.2) is 0 Å². The number of hydrogen-bond donors (Lipinski definition) is 1.